The third-order valence-electron chi connectivity index (χ3n) is 8.29. The van der Waals surface area contributed by atoms with Crippen LogP contribution in [0.3, 0.4) is 0 Å². The van der Waals surface area contributed by atoms with E-state index in [1.165, 1.54) is 64.8 Å². The van der Waals surface area contributed by atoms with Crippen LogP contribution < -0.4 is 26.7 Å². The maximum atomic E-state index is 14.8. The Kier molecular flexibility index (Phi) is 7.87. The molecule has 2 amide bonds. The van der Waals surface area contributed by atoms with E-state index in [1.807, 2.05) is 12.1 Å². The molecule has 240 valence electrons. The highest BCUT2D eigenvalue weighted by Gasteiger charge is 2.39. The van der Waals surface area contributed by atoms with Crippen molar-refractivity contribution in [3.05, 3.63) is 141 Å². The molecule has 0 aliphatic carbocycles. The maximum absolute atomic E-state index is 14.8. The van der Waals surface area contributed by atoms with Gasteiger partial charge in [0.2, 0.25) is 0 Å². The Hall–Kier alpha value is -5.98. The number of amides is 2. The Labute approximate surface area is 276 Å². The van der Waals surface area contributed by atoms with Gasteiger partial charge in [0, 0.05) is 18.3 Å². The molecule has 0 saturated heterocycles. The van der Waals surface area contributed by atoms with Gasteiger partial charge in [-0.1, -0.05) is 41.9 Å². The minimum atomic E-state index is -1.12. The molecule has 0 fully saturated rings. The number of halogens is 2. The van der Waals surface area contributed by atoms with Gasteiger partial charge < -0.3 is 19.7 Å². The van der Waals surface area contributed by atoms with Gasteiger partial charge in [0.1, 0.15) is 17.3 Å². The quantitative estimate of drug-likeness (QED) is 0.188. The lowest BCUT2D eigenvalue weighted by atomic mass is 9.85. The van der Waals surface area contributed by atoms with E-state index in [9.17, 15) is 28.7 Å². The summed E-state index contributed by atoms with van der Waals surface area (Å²) in [6.45, 7) is 0.138. The van der Waals surface area contributed by atoms with E-state index in [0.29, 0.717) is 28.6 Å². The molecule has 1 atom stereocenters. The van der Waals surface area contributed by atoms with Crippen LogP contribution in [-0.4, -0.2) is 34.3 Å². The third kappa shape index (κ3) is 5.52. The first-order valence-corrected chi connectivity index (χ1v) is 15.1. The van der Waals surface area contributed by atoms with Crippen LogP contribution in [-0.2, 0) is 16.0 Å². The van der Waals surface area contributed by atoms with Crippen LogP contribution in [0, 0.1) is 5.82 Å². The average molecular weight is 666 g/mol. The van der Waals surface area contributed by atoms with Gasteiger partial charge in [-0.05, 0) is 77.2 Å². The fourth-order valence-electron chi connectivity index (χ4n) is 5.99. The summed E-state index contributed by atoms with van der Waals surface area (Å²) >= 11 is 5.96. The van der Waals surface area contributed by atoms with E-state index >= 15 is 0 Å². The standard InChI is InChI=1S/C35H25ClFN5O6/c36-26-5-2-6-28(31(26)37)42-18-27(39-40-42)34(45)41-15-13-23-22(20-9-12-30-25(17-20)29(43)14-16-48-30)3-1-4-24(23)32(41)33(44)38-21-10-7-19(8-11-21)35(46)47/h1-12,14,16-18,32,39-40H,13,15H2,(H,38,44)(H,46,47). The number of fused-ring (bicyclic) bond motifs is 2. The highest BCUT2D eigenvalue weighted by atomic mass is 35.5. The zero-order valence-electron chi connectivity index (χ0n) is 24.9. The highest BCUT2D eigenvalue weighted by Crippen LogP contribution is 2.38. The Bertz CT molecular complexity index is 2220. The molecule has 7 rings (SSSR count). The molecule has 11 nitrogen and oxygen atoms in total. The van der Waals surface area contributed by atoms with Crippen LogP contribution in [0.2, 0.25) is 5.02 Å². The van der Waals surface area contributed by atoms with Gasteiger partial charge in [-0.2, -0.15) is 0 Å². The molecule has 48 heavy (non-hydrogen) atoms. The number of carbonyl (C=O) groups is 3. The minimum Gasteiger partial charge on any atom is -0.478 e. The molecule has 0 saturated carbocycles. The normalized spacial score (nSPS) is 15.5. The Morgan fingerprint density at radius 2 is 1.79 bits per heavy atom. The summed E-state index contributed by atoms with van der Waals surface area (Å²) in [5.74, 6) is -2.86. The SMILES string of the molecule is O=C(O)c1ccc(NC(=O)C2c3cccc(-c4ccc5occc(=O)c5c4)c3CCN2C(=O)C2=CN(c3cccc(Cl)c3F)NN2)cc1. The number of aromatic carboxylic acids is 1. The van der Waals surface area contributed by atoms with Crippen LogP contribution in [0.25, 0.3) is 22.1 Å². The molecule has 4 aromatic carbocycles. The predicted octanol–water partition coefficient (Wildman–Crippen LogP) is 5.39. The molecule has 1 aromatic heterocycles. The lowest BCUT2D eigenvalue weighted by Gasteiger charge is -2.37. The van der Waals surface area contributed by atoms with Crippen molar-refractivity contribution in [3.8, 4) is 11.1 Å². The Morgan fingerprint density at radius 1 is 1.00 bits per heavy atom. The molecule has 0 spiro atoms. The van der Waals surface area contributed by atoms with E-state index in [-0.39, 0.29) is 33.9 Å². The molecule has 0 radical (unpaired) electrons. The number of hydrogen-bond donors (Lipinski definition) is 4. The van der Waals surface area contributed by atoms with Crippen molar-refractivity contribution in [2.45, 2.75) is 12.5 Å². The molecule has 0 bridgehead atoms. The topological polar surface area (TPSA) is 144 Å². The second-order valence-corrected chi connectivity index (χ2v) is 11.5. The summed E-state index contributed by atoms with van der Waals surface area (Å²) < 4.78 is 20.2. The summed E-state index contributed by atoms with van der Waals surface area (Å²) in [7, 11) is 0. The highest BCUT2D eigenvalue weighted by molar-refractivity contribution is 6.31. The van der Waals surface area contributed by atoms with Crippen molar-refractivity contribution in [2.75, 3.05) is 16.9 Å². The molecule has 1 unspecified atom stereocenters. The fourth-order valence-corrected chi connectivity index (χ4v) is 6.15. The van der Waals surface area contributed by atoms with Gasteiger partial charge in [0.15, 0.2) is 11.2 Å². The smallest absolute Gasteiger partial charge is 0.335 e. The zero-order chi connectivity index (χ0) is 33.5. The Balaban J connectivity index is 1.27. The molecular weight excluding hydrogens is 641 g/mol. The van der Waals surface area contributed by atoms with Crippen LogP contribution in [0.4, 0.5) is 15.8 Å². The zero-order valence-corrected chi connectivity index (χ0v) is 25.6. The summed E-state index contributed by atoms with van der Waals surface area (Å²) in [4.78, 5) is 53.5. The van der Waals surface area contributed by atoms with Gasteiger partial charge >= 0.3 is 5.97 Å². The van der Waals surface area contributed by atoms with E-state index in [1.54, 1.807) is 30.3 Å². The lowest BCUT2D eigenvalue weighted by molar-refractivity contribution is -0.136. The summed E-state index contributed by atoms with van der Waals surface area (Å²) in [5.41, 5.74) is 9.19. The number of anilines is 2. The van der Waals surface area contributed by atoms with Crippen molar-refractivity contribution in [1.29, 1.82) is 0 Å². The largest absolute Gasteiger partial charge is 0.478 e. The van der Waals surface area contributed by atoms with E-state index in [4.69, 9.17) is 16.0 Å². The van der Waals surface area contributed by atoms with Gasteiger partial charge in [-0.15, -0.1) is 5.53 Å². The molecule has 13 heteroatoms. The van der Waals surface area contributed by atoms with Gasteiger partial charge in [-0.3, -0.25) is 24.8 Å². The number of rotatable bonds is 6. The van der Waals surface area contributed by atoms with Crippen LogP contribution in [0.15, 0.2) is 112 Å². The van der Waals surface area contributed by atoms with E-state index in [0.717, 1.165) is 16.7 Å². The van der Waals surface area contributed by atoms with Gasteiger partial charge in [-0.25, -0.2) is 9.18 Å². The molecule has 2 aliphatic heterocycles. The molecular formula is C35H25ClFN5O6. The number of nitrogens with zero attached hydrogens (tertiary/aromatic N) is 2. The number of carboxylic acid groups (broad SMARTS) is 1. The predicted molar refractivity (Wildman–Crippen MR) is 176 cm³/mol. The van der Waals surface area contributed by atoms with Crippen molar-refractivity contribution in [2.24, 2.45) is 0 Å². The fraction of sp³-hybridized carbons (Fsp3) is 0.0857. The average Bonchev–Trinajstić information content (AvgIpc) is 3.59. The van der Waals surface area contributed by atoms with Gasteiger partial charge in [0.05, 0.1) is 34.1 Å². The van der Waals surface area contributed by atoms with Crippen molar-refractivity contribution < 1.29 is 28.3 Å². The Morgan fingerprint density at radius 3 is 2.58 bits per heavy atom. The third-order valence-corrected chi connectivity index (χ3v) is 8.58. The lowest BCUT2D eigenvalue weighted by Crippen LogP contribution is -2.48. The summed E-state index contributed by atoms with van der Waals surface area (Å²) in [6, 6.07) is 21.1. The minimum absolute atomic E-state index is 0.0503. The first-order chi connectivity index (χ1) is 23.2. The summed E-state index contributed by atoms with van der Waals surface area (Å²) in [5, 5.41) is 13.7. The van der Waals surface area contributed by atoms with Gasteiger partial charge in [0.25, 0.3) is 11.8 Å². The number of benzene rings is 4. The first-order valence-electron chi connectivity index (χ1n) is 14.8. The monoisotopic (exact) mass is 665 g/mol. The molecule has 5 aromatic rings. The van der Waals surface area contributed by atoms with Crippen LogP contribution in [0.1, 0.15) is 27.5 Å². The second-order valence-electron chi connectivity index (χ2n) is 11.1. The number of hydrazine groups is 2. The molecule has 3 heterocycles. The van der Waals surface area contributed by atoms with Crippen molar-refractivity contribution in [1.82, 2.24) is 15.9 Å². The maximum Gasteiger partial charge on any atom is 0.335 e. The summed E-state index contributed by atoms with van der Waals surface area (Å²) in [6.07, 6.45) is 3.10. The number of carbonyl (C=O) groups excluding carboxylic acids is 2. The van der Waals surface area contributed by atoms with E-state index in [2.05, 4.69) is 16.3 Å². The second kappa shape index (κ2) is 12.3. The number of carboxylic acids is 1. The van der Waals surface area contributed by atoms with Crippen LogP contribution in [0.5, 0.6) is 0 Å². The van der Waals surface area contributed by atoms with Crippen LogP contribution >= 0.6 is 11.6 Å². The number of nitrogens with one attached hydrogen (secondary N) is 3. The molecule has 2 aliphatic rings. The van der Waals surface area contributed by atoms with Crippen molar-refractivity contribution in [3.63, 3.8) is 0 Å². The van der Waals surface area contributed by atoms with Crippen molar-refractivity contribution >= 4 is 51.7 Å². The van der Waals surface area contributed by atoms with E-state index < -0.39 is 29.6 Å². The number of hydrogen-bond acceptors (Lipinski definition) is 8. The first kappa shape index (κ1) is 30.7. The molecule has 4 N–H and O–H groups in total.